The summed E-state index contributed by atoms with van der Waals surface area (Å²) in [7, 11) is 0. The van der Waals surface area contributed by atoms with Crippen molar-refractivity contribution in [3.05, 3.63) is 59.9 Å². The highest BCUT2D eigenvalue weighted by molar-refractivity contribution is 5.97. The van der Waals surface area contributed by atoms with Crippen molar-refractivity contribution >= 4 is 22.6 Å². The van der Waals surface area contributed by atoms with Crippen molar-refractivity contribution in [2.24, 2.45) is 11.8 Å². The summed E-state index contributed by atoms with van der Waals surface area (Å²) >= 11 is 0. The molecule has 1 saturated carbocycles. The lowest BCUT2D eigenvalue weighted by Gasteiger charge is -2.38. The van der Waals surface area contributed by atoms with E-state index >= 15 is 0 Å². The zero-order chi connectivity index (χ0) is 22.1. The predicted molar refractivity (Wildman–Crippen MR) is 125 cm³/mol. The maximum Gasteiger partial charge on any atom is 0.267 e. The molecular formula is C25H31N5O2. The van der Waals surface area contributed by atoms with E-state index in [9.17, 15) is 4.79 Å². The second-order valence-corrected chi connectivity index (χ2v) is 9.21. The van der Waals surface area contributed by atoms with Crippen LogP contribution in [0.15, 0.2) is 48.7 Å². The first-order valence-corrected chi connectivity index (χ1v) is 11.5. The molecule has 4 atom stereocenters. The minimum absolute atomic E-state index is 0.0276. The number of nitrogens with two attached hydrogens (primary N) is 1. The Morgan fingerprint density at radius 2 is 2.16 bits per heavy atom. The Hall–Kier alpha value is -2.90. The summed E-state index contributed by atoms with van der Waals surface area (Å²) in [6.45, 7) is 5.65. The Bertz CT molecular complexity index is 1050. The van der Waals surface area contributed by atoms with Gasteiger partial charge in [0.25, 0.3) is 5.91 Å². The summed E-state index contributed by atoms with van der Waals surface area (Å²) in [6, 6.07) is 14.1. The van der Waals surface area contributed by atoms with Gasteiger partial charge < -0.3 is 20.8 Å². The molecule has 1 aromatic carbocycles. The molecule has 1 amide bonds. The van der Waals surface area contributed by atoms with Crippen molar-refractivity contribution < 1.29 is 9.53 Å². The fraction of sp³-hybridized carbons (Fsp3) is 0.440. The van der Waals surface area contributed by atoms with Gasteiger partial charge in [-0.15, -0.1) is 0 Å². The van der Waals surface area contributed by atoms with Crippen LogP contribution in [-0.2, 0) is 4.74 Å². The molecule has 1 aliphatic heterocycles. The molecule has 0 spiro atoms. The fourth-order valence-corrected chi connectivity index (χ4v) is 4.72. The number of carbonyl (C=O) groups is 1. The van der Waals surface area contributed by atoms with E-state index in [-0.39, 0.29) is 12.0 Å². The molecule has 1 saturated heterocycles. The second-order valence-electron chi connectivity index (χ2n) is 9.21. The average Bonchev–Trinajstić information content (AvgIpc) is 3.38. The number of hydrogen-bond donors (Lipinski definition) is 3. The highest BCUT2D eigenvalue weighted by atomic mass is 16.5. The predicted octanol–water partition coefficient (Wildman–Crippen LogP) is 3.36. The SMILES string of the molecule is C[C@H]1COC(c2ccc(N)nc2)CN1CC1CC1CCNC(=O)c1cc2ccccc2[nH]1. The quantitative estimate of drug-likeness (QED) is 0.531. The summed E-state index contributed by atoms with van der Waals surface area (Å²) in [4.78, 5) is 22.4. The van der Waals surface area contributed by atoms with Gasteiger partial charge in [0.2, 0.25) is 0 Å². The Kier molecular flexibility index (Phi) is 5.85. The van der Waals surface area contributed by atoms with E-state index in [0.29, 0.717) is 35.9 Å². The van der Waals surface area contributed by atoms with Gasteiger partial charge in [-0.05, 0) is 49.8 Å². The number of hydrogen-bond acceptors (Lipinski definition) is 5. The smallest absolute Gasteiger partial charge is 0.267 e. The molecule has 32 heavy (non-hydrogen) atoms. The summed E-state index contributed by atoms with van der Waals surface area (Å²) in [5, 5.41) is 4.14. The zero-order valence-electron chi connectivity index (χ0n) is 18.5. The molecule has 4 N–H and O–H groups in total. The molecule has 3 heterocycles. The number of amides is 1. The third kappa shape index (κ3) is 4.64. The first-order chi connectivity index (χ1) is 15.6. The Morgan fingerprint density at radius 3 is 2.97 bits per heavy atom. The highest BCUT2D eigenvalue weighted by Crippen LogP contribution is 2.42. The normalized spacial score (nSPS) is 25.7. The molecule has 3 aromatic rings. The van der Waals surface area contributed by atoms with E-state index in [0.717, 1.165) is 42.6 Å². The number of pyridine rings is 1. The number of nitrogens with one attached hydrogen (secondary N) is 2. The molecule has 5 rings (SSSR count). The Balaban J connectivity index is 1.07. The van der Waals surface area contributed by atoms with Crippen LogP contribution in [0, 0.1) is 11.8 Å². The van der Waals surface area contributed by atoms with Crippen LogP contribution in [0.3, 0.4) is 0 Å². The number of aromatic amines is 1. The summed E-state index contributed by atoms with van der Waals surface area (Å²) in [6.07, 6.45) is 4.14. The van der Waals surface area contributed by atoms with Crippen molar-refractivity contribution in [1.82, 2.24) is 20.2 Å². The number of H-pyrrole nitrogens is 1. The van der Waals surface area contributed by atoms with Gasteiger partial charge in [0, 0.05) is 48.3 Å². The monoisotopic (exact) mass is 433 g/mol. The van der Waals surface area contributed by atoms with E-state index in [1.54, 1.807) is 0 Å². The minimum atomic E-state index is -0.0276. The van der Waals surface area contributed by atoms with E-state index in [1.165, 1.54) is 6.42 Å². The minimum Gasteiger partial charge on any atom is -0.384 e. The number of nitrogen functional groups attached to an aromatic ring is 1. The maximum absolute atomic E-state index is 12.5. The lowest BCUT2D eigenvalue weighted by Crippen LogP contribution is -2.46. The van der Waals surface area contributed by atoms with E-state index < -0.39 is 0 Å². The molecule has 0 bridgehead atoms. The van der Waals surface area contributed by atoms with E-state index in [1.807, 2.05) is 48.7 Å². The lowest BCUT2D eigenvalue weighted by atomic mass is 10.1. The Morgan fingerprint density at radius 1 is 1.28 bits per heavy atom. The second kappa shape index (κ2) is 8.92. The van der Waals surface area contributed by atoms with Crippen LogP contribution in [0.25, 0.3) is 10.9 Å². The fourth-order valence-electron chi connectivity index (χ4n) is 4.72. The molecular weight excluding hydrogens is 402 g/mol. The van der Waals surface area contributed by atoms with Crippen LogP contribution in [0.4, 0.5) is 5.82 Å². The average molecular weight is 434 g/mol. The summed E-state index contributed by atoms with van der Waals surface area (Å²) in [5.74, 6) is 1.89. The van der Waals surface area contributed by atoms with E-state index in [4.69, 9.17) is 10.5 Å². The highest BCUT2D eigenvalue weighted by Gasteiger charge is 2.39. The van der Waals surface area contributed by atoms with Crippen molar-refractivity contribution in [1.29, 1.82) is 0 Å². The van der Waals surface area contributed by atoms with E-state index in [2.05, 4.69) is 27.1 Å². The van der Waals surface area contributed by atoms with Gasteiger partial charge >= 0.3 is 0 Å². The lowest BCUT2D eigenvalue weighted by molar-refractivity contribution is -0.0619. The van der Waals surface area contributed by atoms with Crippen LogP contribution in [0.2, 0.25) is 0 Å². The standard InChI is InChI=1S/C25H31N5O2/c1-16-15-32-23(19-6-7-24(26)28-12-19)14-30(16)13-20-10-17(20)8-9-27-25(31)22-11-18-4-2-3-5-21(18)29-22/h2-7,11-12,16-17,20,23,29H,8-10,13-15H2,1H3,(H2,26,28)(H,27,31)/t16-,17?,20?,23?/m0/s1. The largest absolute Gasteiger partial charge is 0.384 e. The maximum atomic E-state index is 12.5. The number of nitrogens with zero attached hydrogens (tertiary/aromatic N) is 2. The third-order valence-corrected chi connectivity index (χ3v) is 6.86. The molecule has 7 nitrogen and oxygen atoms in total. The van der Waals surface area contributed by atoms with Gasteiger partial charge in [-0.25, -0.2) is 4.98 Å². The van der Waals surface area contributed by atoms with Gasteiger partial charge in [-0.1, -0.05) is 24.3 Å². The van der Waals surface area contributed by atoms with Crippen molar-refractivity contribution in [2.75, 3.05) is 32.0 Å². The molecule has 3 unspecified atom stereocenters. The van der Waals surface area contributed by atoms with Crippen LogP contribution in [0.1, 0.15) is 41.9 Å². The number of fused-ring (bicyclic) bond motifs is 1. The van der Waals surface area contributed by atoms with Crippen LogP contribution < -0.4 is 11.1 Å². The molecule has 2 fully saturated rings. The van der Waals surface area contributed by atoms with Crippen LogP contribution in [0.5, 0.6) is 0 Å². The number of aromatic nitrogens is 2. The van der Waals surface area contributed by atoms with Gasteiger partial charge in [-0.3, -0.25) is 9.69 Å². The molecule has 1 aliphatic carbocycles. The number of anilines is 1. The van der Waals surface area contributed by atoms with Crippen LogP contribution >= 0.6 is 0 Å². The van der Waals surface area contributed by atoms with Crippen molar-refractivity contribution in [3.8, 4) is 0 Å². The third-order valence-electron chi connectivity index (χ3n) is 6.86. The first-order valence-electron chi connectivity index (χ1n) is 11.5. The molecule has 7 heteroatoms. The first kappa shape index (κ1) is 21.0. The number of para-hydroxylation sites is 1. The number of carbonyl (C=O) groups excluding carboxylic acids is 1. The van der Waals surface area contributed by atoms with Gasteiger partial charge in [0.05, 0.1) is 12.7 Å². The summed E-state index contributed by atoms with van der Waals surface area (Å²) in [5.41, 5.74) is 8.42. The van der Waals surface area contributed by atoms with Crippen molar-refractivity contribution in [2.45, 2.75) is 31.9 Å². The van der Waals surface area contributed by atoms with Crippen LogP contribution in [-0.4, -0.2) is 53.1 Å². The molecule has 2 aromatic heterocycles. The summed E-state index contributed by atoms with van der Waals surface area (Å²) < 4.78 is 6.06. The number of ether oxygens (including phenoxy) is 1. The number of morpholine rings is 1. The van der Waals surface area contributed by atoms with Gasteiger partial charge in [0.15, 0.2) is 0 Å². The number of benzene rings is 1. The van der Waals surface area contributed by atoms with Crippen molar-refractivity contribution in [3.63, 3.8) is 0 Å². The zero-order valence-corrected chi connectivity index (χ0v) is 18.5. The molecule has 168 valence electrons. The topological polar surface area (TPSA) is 96.3 Å². The van der Waals surface area contributed by atoms with Gasteiger partial charge in [-0.2, -0.15) is 0 Å². The molecule has 0 radical (unpaired) electrons. The molecule has 2 aliphatic rings. The number of rotatable bonds is 7. The Labute approximate surface area is 188 Å². The van der Waals surface area contributed by atoms with Gasteiger partial charge in [0.1, 0.15) is 11.5 Å².